The van der Waals surface area contributed by atoms with Gasteiger partial charge in [0.25, 0.3) is 0 Å². The van der Waals surface area contributed by atoms with Crippen molar-refractivity contribution in [2.45, 2.75) is 13.0 Å². The molecule has 0 fully saturated rings. The number of benzene rings is 2. The zero-order chi connectivity index (χ0) is 18.7. The van der Waals surface area contributed by atoms with Crippen molar-refractivity contribution in [3.63, 3.8) is 0 Å². The molecule has 0 unspecified atom stereocenters. The molecule has 7 heteroatoms. The Hall–Kier alpha value is -2.86. The molecule has 0 spiro atoms. The molecule has 0 saturated carbocycles. The number of carbonyl (C=O) groups excluding carboxylic acids is 1. The average Bonchev–Trinajstić information content (AvgIpc) is 2.62. The van der Waals surface area contributed by atoms with Gasteiger partial charge >= 0.3 is 11.6 Å². The predicted octanol–water partition coefficient (Wildman–Crippen LogP) is 3.88. The Kier molecular flexibility index (Phi) is 5.23. The summed E-state index contributed by atoms with van der Waals surface area (Å²) in [6.07, 6.45) is -0.307. The molecular weight excluding hydrogens is 363 g/mol. The monoisotopic (exact) mass is 376 g/mol. The molecular formula is C19H14ClFO5. The molecule has 0 amide bonds. The van der Waals surface area contributed by atoms with E-state index in [4.69, 9.17) is 25.5 Å². The lowest BCUT2D eigenvalue weighted by atomic mass is 10.1. The molecule has 0 saturated heterocycles. The molecule has 3 rings (SSSR count). The van der Waals surface area contributed by atoms with Gasteiger partial charge in [-0.2, -0.15) is 0 Å². The number of hydrogen-bond donors (Lipinski definition) is 0. The molecule has 2 aromatic carbocycles. The SMILES string of the molecule is COc1ccc2c(COC(=O)Cc3c(F)cccc3Cl)cc(=O)oc2c1. The van der Waals surface area contributed by atoms with Crippen LogP contribution in [0.2, 0.25) is 5.02 Å². The van der Waals surface area contributed by atoms with Crippen LogP contribution in [0.3, 0.4) is 0 Å². The maximum Gasteiger partial charge on any atom is 0.336 e. The first-order chi connectivity index (χ1) is 12.5. The fraction of sp³-hybridized carbons (Fsp3) is 0.158. The Bertz CT molecular complexity index is 1010. The number of methoxy groups -OCH3 is 1. The van der Waals surface area contributed by atoms with Crippen molar-refractivity contribution in [2.24, 2.45) is 0 Å². The van der Waals surface area contributed by atoms with Gasteiger partial charge in [0.05, 0.1) is 13.5 Å². The second kappa shape index (κ2) is 7.58. The standard InChI is InChI=1S/C19H14ClFO5/c1-24-12-5-6-13-11(7-19(23)26-17(13)8-12)10-25-18(22)9-14-15(20)3-2-4-16(14)21/h2-8H,9-10H2,1H3. The van der Waals surface area contributed by atoms with Crippen molar-refractivity contribution in [3.8, 4) is 5.75 Å². The van der Waals surface area contributed by atoms with Gasteiger partial charge in [0.15, 0.2) is 0 Å². The van der Waals surface area contributed by atoms with E-state index in [1.165, 1.54) is 31.4 Å². The van der Waals surface area contributed by atoms with Gasteiger partial charge in [-0.25, -0.2) is 9.18 Å². The van der Waals surface area contributed by atoms with Crippen LogP contribution < -0.4 is 10.4 Å². The summed E-state index contributed by atoms with van der Waals surface area (Å²) in [5.41, 5.74) is 0.294. The third-order valence-corrected chi connectivity index (χ3v) is 4.16. The molecule has 0 aliphatic carbocycles. The number of rotatable bonds is 5. The second-order valence-electron chi connectivity index (χ2n) is 5.49. The van der Waals surface area contributed by atoms with Gasteiger partial charge in [0.1, 0.15) is 23.8 Å². The lowest BCUT2D eigenvalue weighted by molar-refractivity contribution is -0.144. The van der Waals surface area contributed by atoms with E-state index in [0.717, 1.165) is 0 Å². The second-order valence-corrected chi connectivity index (χ2v) is 5.90. The highest BCUT2D eigenvalue weighted by Crippen LogP contribution is 2.24. The first-order valence-corrected chi connectivity index (χ1v) is 8.05. The van der Waals surface area contributed by atoms with Crippen molar-refractivity contribution in [1.82, 2.24) is 0 Å². The number of ether oxygens (including phenoxy) is 2. The van der Waals surface area contributed by atoms with Crippen LogP contribution in [0.4, 0.5) is 4.39 Å². The van der Waals surface area contributed by atoms with Crippen molar-refractivity contribution >= 4 is 28.5 Å². The molecule has 0 atom stereocenters. The van der Waals surface area contributed by atoms with Crippen LogP contribution in [-0.2, 0) is 22.6 Å². The quantitative estimate of drug-likeness (QED) is 0.499. The fourth-order valence-electron chi connectivity index (χ4n) is 2.51. The van der Waals surface area contributed by atoms with E-state index in [9.17, 15) is 14.0 Å². The van der Waals surface area contributed by atoms with Gasteiger partial charge in [-0.3, -0.25) is 4.79 Å². The topological polar surface area (TPSA) is 65.7 Å². The third-order valence-electron chi connectivity index (χ3n) is 3.81. The van der Waals surface area contributed by atoms with Crippen LogP contribution in [0.25, 0.3) is 11.0 Å². The summed E-state index contributed by atoms with van der Waals surface area (Å²) < 4.78 is 29.2. The Morgan fingerprint density at radius 2 is 2.04 bits per heavy atom. The molecule has 26 heavy (non-hydrogen) atoms. The molecule has 1 aromatic heterocycles. The van der Waals surface area contributed by atoms with Gasteiger partial charge < -0.3 is 13.9 Å². The first kappa shape index (κ1) is 17.9. The fourth-order valence-corrected chi connectivity index (χ4v) is 2.74. The minimum Gasteiger partial charge on any atom is -0.497 e. The van der Waals surface area contributed by atoms with E-state index < -0.39 is 17.4 Å². The van der Waals surface area contributed by atoms with Gasteiger partial charge in [0, 0.05) is 33.7 Å². The van der Waals surface area contributed by atoms with Gasteiger partial charge in [-0.05, 0) is 24.3 Å². The summed E-state index contributed by atoms with van der Waals surface area (Å²) in [5.74, 6) is -0.705. The van der Waals surface area contributed by atoms with Crippen LogP contribution in [0, 0.1) is 5.82 Å². The zero-order valence-corrected chi connectivity index (χ0v) is 14.5. The summed E-state index contributed by atoms with van der Waals surface area (Å²) in [4.78, 5) is 23.8. The Morgan fingerprint density at radius 3 is 2.77 bits per heavy atom. The van der Waals surface area contributed by atoms with Crippen LogP contribution in [0.5, 0.6) is 5.75 Å². The molecule has 5 nitrogen and oxygen atoms in total. The highest BCUT2D eigenvalue weighted by atomic mass is 35.5. The van der Waals surface area contributed by atoms with Crippen molar-refractivity contribution in [2.75, 3.05) is 7.11 Å². The highest BCUT2D eigenvalue weighted by molar-refractivity contribution is 6.31. The Labute approximate surface area is 152 Å². The van der Waals surface area contributed by atoms with Crippen LogP contribution in [-0.4, -0.2) is 13.1 Å². The maximum absolute atomic E-state index is 13.7. The molecule has 0 radical (unpaired) electrons. The lowest BCUT2D eigenvalue weighted by Crippen LogP contribution is -2.11. The predicted molar refractivity (Wildman–Crippen MR) is 93.9 cm³/mol. The maximum atomic E-state index is 13.7. The summed E-state index contributed by atoms with van der Waals surface area (Å²) in [7, 11) is 1.50. The van der Waals surface area contributed by atoms with E-state index >= 15 is 0 Å². The van der Waals surface area contributed by atoms with Crippen LogP contribution >= 0.6 is 11.6 Å². The number of esters is 1. The van der Waals surface area contributed by atoms with E-state index in [2.05, 4.69) is 0 Å². The highest BCUT2D eigenvalue weighted by Gasteiger charge is 2.14. The van der Waals surface area contributed by atoms with E-state index in [0.29, 0.717) is 22.3 Å². The molecule has 3 aromatic rings. The van der Waals surface area contributed by atoms with Gasteiger partial charge in [-0.1, -0.05) is 17.7 Å². The Balaban J connectivity index is 1.79. The third kappa shape index (κ3) is 3.86. The summed E-state index contributed by atoms with van der Waals surface area (Å²) in [6.45, 7) is -0.153. The number of halogens is 2. The normalized spacial score (nSPS) is 10.7. The molecule has 0 aliphatic heterocycles. The summed E-state index contributed by atoms with van der Waals surface area (Å²) >= 11 is 5.90. The van der Waals surface area contributed by atoms with E-state index in [-0.39, 0.29) is 23.6 Å². The molecule has 1 heterocycles. The van der Waals surface area contributed by atoms with Gasteiger partial charge in [0.2, 0.25) is 0 Å². The molecule has 0 N–H and O–H groups in total. The van der Waals surface area contributed by atoms with Crippen molar-refractivity contribution < 1.29 is 23.1 Å². The first-order valence-electron chi connectivity index (χ1n) is 7.67. The number of hydrogen-bond acceptors (Lipinski definition) is 5. The number of fused-ring (bicyclic) bond motifs is 1. The van der Waals surface area contributed by atoms with Crippen LogP contribution in [0.1, 0.15) is 11.1 Å². The minimum atomic E-state index is -0.660. The van der Waals surface area contributed by atoms with Crippen molar-refractivity contribution in [1.29, 1.82) is 0 Å². The number of carbonyl (C=O) groups is 1. The molecule has 134 valence electrons. The van der Waals surface area contributed by atoms with E-state index in [1.54, 1.807) is 18.2 Å². The van der Waals surface area contributed by atoms with Gasteiger partial charge in [-0.15, -0.1) is 0 Å². The largest absolute Gasteiger partial charge is 0.497 e. The smallest absolute Gasteiger partial charge is 0.336 e. The lowest BCUT2D eigenvalue weighted by Gasteiger charge is -2.09. The summed E-state index contributed by atoms with van der Waals surface area (Å²) in [5, 5.41) is 0.766. The van der Waals surface area contributed by atoms with Crippen LogP contribution in [0.15, 0.2) is 51.7 Å². The van der Waals surface area contributed by atoms with E-state index in [1.807, 2.05) is 0 Å². The zero-order valence-electron chi connectivity index (χ0n) is 13.8. The van der Waals surface area contributed by atoms with Crippen molar-refractivity contribution in [3.05, 3.63) is 74.9 Å². The molecule has 0 aliphatic rings. The summed E-state index contributed by atoms with van der Waals surface area (Å²) in [6, 6.07) is 10.4. The average molecular weight is 377 g/mol. The molecule has 0 bridgehead atoms. The Morgan fingerprint density at radius 1 is 1.23 bits per heavy atom. The minimum absolute atomic E-state index is 0.0707.